The quantitative estimate of drug-likeness (QED) is 0.617. The van der Waals surface area contributed by atoms with Crippen LogP contribution in [0.2, 0.25) is 0 Å². The minimum absolute atomic E-state index is 0.0775. The summed E-state index contributed by atoms with van der Waals surface area (Å²) in [5.41, 5.74) is 5.57. The molecule has 0 unspecified atom stereocenters. The molecule has 0 heterocycles. The molecule has 0 aliphatic carbocycles. The van der Waals surface area contributed by atoms with Gasteiger partial charge in [-0.2, -0.15) is 0 Å². The standard InChI is InChI=1S/C12H24N2O3S/c1-8(2)5-6-14-9(15)7-18-12(3,4)10(13)11(16)17/h8,10H,5-7,13H2,1-4H3,(H,14,15)(H,16,17)/t10-/m1/s1. The first kappa shape index (κ1) is 17.2. The molecule has 0 saturated heterocycles. The Hall–Kier alpha value is -0.750. The van der Waals surface area contributed by atoms with Gasteiger partial charge in [0.05, 0.1) is 5.75 Å². The third-order valence-electron chi connectivity index (χ3n) is 2.63. The highest BCUT2D eigenvalue weighted by Crippen LogP contribution is 2.27. The van der Waals surface area contributed by atoms with Crippen LogP contribution in [0.4, 0.5) is 0 Å². The topological polar surface area (TPSA) is 92.4 Å². The van der Waals surface area contributed by atoms with Crippen LogP contribution in [0.5, 0.6) is 0 Å². The first-order chi connectivity index (χ1) is 8.16. The van der Waals surface area contributed by atoms with Crippen molar-refractivity contribution in [3.8, 4) is 0 Å². The Kier molecular flexibility index (Phi) is 7.32. The maximum Gasteiger partial charge on any atom is 0.321 e. The summed E-state index contributed by atoms with van der Waals surface area (Å²) in [6.45, 7) is 8.31. The molecule has 106 valence electrons. The van der Waals surface area contributed by atoms with E-state index in [2.05, 4.69) is 19.2 Å². The average molecular weight is 276 g/mol. The van der Waals surface area contributed by atoms with E-state index in [-0.39, 0.29) is 11.7 Å². The van der Waals surface area contributed by atoms with E-state index >= 15 is 0 Å². The Balaban J connectivity index is 4.00. The third kappa shape index (κ3) is 6.86. The zero-order chi connectivity index (χ0) is 14.3. The van der Waals surface area contributed by atoms with Gasteiger partial charge in [0.15, 0.2) is 0 Å². The van der Waals surface area contributed by atoms with Crippen molar-refractivity contribution in [3.05, 3.63) is 0 Å². The number of carbonyl (C=O) groups excluding carboxylic acids is 1. The Morgan fingerprint density at radius 3 is 2.39 bits per heavy atom. The van der Waals surface area contributed by atoms with Crippen LogP contribution in [0, 0.1) is 5.92 Å². The maximum atomic E-state index is 11.5. The lowest BCUT2D eigenvalue weighted by Crippen LogP contribution is -2.47. The van der Waals surface area contributed by atoms with Crippen LogP contribution >= 0.6 is 11.8 Å². The Labute approximate surface area is 113 Å². The van der Waals surface area contributed by atoms with Gasteiger partial charge < -0.3 is 16.2 Å². The van der Waals surface area contributed by atoms with Gasteiger partial charge in [-0.1, -0.05) is 13.8 Å². The van der Waals surface area contributed by atoms with E-state index < -0.39 is 16.8 Å². The summed E-state index contributed by atoms with van der Waals surface area (Å²) in [6, 6.07) is -0.981. The normalized spacial score (nSPS) is 13.4. The summed E-state index contributed by atoms with van der Waals surface area (Å²) in [4.78, 5) is 22.3. The largest absolute Gasteiger partial charge is 0.480 e. The second-order valence-corrected chi connectivity index (χ2v) is 6.87. The number of nitrogens with two attached hydrogens (primary N) is 1. The highest BCUT2D eigenvalue weighted by molar-refractivity contribution is 8.01. The fourth-order valence-electron chi connectivity index (χ4n) is 1.19. The minimum atomic E-state index is -1.05. The molecule has 0 rings (SSSR count). The fourth-order valence-corrected chi connectivity index (χ4v) is 2.08. The molecule has 0 fully saturated rings. The maximum absolute atomic E-state index is 11.5. The van der Waals surface area contributed by atoms with Crippen LogP contribution in [0.3, 0.4) is 0 Å². The molecule has 0 aliphatic heterocycles. The van der Waals surface area contributed by atoms with Gasteiger partial charge in [-0.25, -0.2) is 0 Å². The molecule has 0 spiro atoms. The zero-order valence-corrected chi connectivity index (χ0v) is 12.3. The molecule has 18 heavy (non-hydrogen) atoms. The van der Waals surface area contributed by atoms with Crippen LogP contribution < -0.4 is 11.1 Å². The molecule has 6 heteroatoms. The molecule has 0 bridgehead atoms. The second kappa shape index (κ2) is 7.63. The van der Waals surface area contributed by atoms with Gasteiger partial charge in [-0.05, 0) is 26.2 Å². The number of amides is 1. The van der Waals surface area contributed by atoms with Gasteiger partial charge in [0.25, 0.3) is 0 Å². The highest BCUT2D eigenvalue weighted by atomic mass is 32.2. The van der Waals surface area contributed by atoms with Crippen molar-refractivity contribution in [2.45, 2.75) is 44.9 Å². The number of carboxylic acids is 1. The summed E-state index contributed by atoms with van der Waals surface area (Å²) >= 11 is 1.26. The summed E-state index contributed by atoms with van der Waals surface area (Å²) < 4.78 is -0.665. The van der Waals surface area contributed by atoms with E-state index in [1.54, 1.807) is 13.8 Å². The smallest absolute Gasteiger partial charge is 0.321 e. The lowest BCUT2D eigenvalue weighted by atomic mass is 10.1. The van der Waals surface area contributed by atoms with E-state index in [4.69, 9.17) is 10.8 Å². The van der Waals surface area contributed by atoms with Gasteiger partial charge in [0.2, 0.25) is 5.91 Å². The van der Waals surface area contributed by atoms with E-state index in [0.29, 0.717) is 12.5 Å². The summed E-state index contributed by atoms with van der Waals surface area (Å²) in [5, 5.41) is 11.7. The van der Waals surface area contributed by atoms with Gasteiger partial charge in [0.1, 0.15) is 6.04 Å². The number of carbonyl (C=O) groups is 2. The number of nitrogens with one attached hydrogen (secondary N) is 1. The van der Waals surface area contributed by atoms with E-state index in [1.807, 2.05) is 0 Å². The first-order valence-corrected chi connectivity index (χ1v) is 7.04. The molecule has 4 N–H and O–H groups in total. The van der Waals surface area contributed by atoms with Crippen LogP contribution in [0.15, 0.2) is 0 Å². The molecule has 1 amide bonds. The molecule has 0 saturated carbocycles. The first-order valence-electron chi connectivity index (χ1n) is 6.06. The second-order valence-electron chi connectivity index (χ2n) is 5.24. The molecule has 0 radical (unpaired) electrons. The van der Waals surface area contributed by atoms with Gasteiger partial charge in [-0.15, -0.1) is 11.8 Å². The predicted octanol–water partition coefficient (Wildman–Crippen LogP) is 1.07. The molecular weight excluding hydrogens is 252 g/mol. The Morgan fingerprint density at radius 2 is 1.94 bits per heavy atom. The van der Waals surface area contributed by atoms with Crippen molar-refractivity contribution >= 4 is 23.6 Å². The highest BCUT2D eigenvalue weighted by Gasteiger charge is 2.32. The summed E-state index contributed by atoms with van der Waals surface area (Å²) in [6.07, 6.45) is 0.939. The van der Waals surface area contributed by atoms with Crippen LogP contribution in [-0.2, 0) is 9.59 Å². The number of hydrogen-bond acceptors (Lipinski definition) is 4. The third-order valence-corrected chi connectivity index (χ3v) is 4.04. The Bertz CT molecular complexity index is 293. The van der Waals surface area contributed by atoms with E-state index in [0.717, 1.165) is 6.42 Å². The zero-order valence-electron chi connectivity index (χ0n) is 11.5. The van der Waals surface area contributed by atoms with Crippen molar-refractivity contribution in [3.63, 3.8) is 0 Å². The van der Waals surface area contributed by atoms with Crippen LogP contribution in [0.1, 0.15) is 34.1 Å². The van der Waals surface area contributed by atoms with Crippen molar-refractivity contribution in [2.24, 2.45) is 11.7 Å². The lowest BCUT2D eigenvalue weighted by molar-refractivity contribution is -0.139. The molecule has 0 aromatic carbocycles. The number of carboxylic acid groups (broad SMARTS) is 1. The summed E-state index contributed by atoms with van der Waals surface area (Å²) in [5.74, 6) is -0.347. The van der Waals surface area contributed by atoms with Crippen molar-refractivity contribution in [1.29, 1.82) is 0 Å². The van der Waals surface area contributed by atoms with Crippen molar-refractivity contribution < 1.29 is 14.7 Å². The minimum Gasteiger partial charge on any atom is -0.480 e. The number of aliphatic carboxylic acids is 1. The van der Waals surface area contributed by atoms with Crippen molar-refractivity contribution in [2.75, 3.05) is 12.3 Å². The lowest BCUT2D eigenvalue weighted by Gasteiger charge is -2.27. The molecule has 1 atom stereocenters. The molecule has 0 aliphatic rings. The molecular formula is C12H24N2O3S. The number of rotatable bonds is 8. The number of thioether (sulfide) groups is 1. The van der Waals surface area contributed by atoms with Crippen LogP contribution in [0.25, 0.3) is 0 Å². The predicted molar refractivity (Wildman–Crippen MR) is 74.6 cm³/mol. The monoisotopic (exact) mass is 276 g/mol. The fraction of sp³-hybridized carbons (Fsp3) is 0.833. The molecule has 5 nitrogen and oxygen atoms in total. The van der Waals surface area contributed by atoms with Gasteiger partial charge in [0, 0.05) is 11.3 Å². The molecule has 0 aromatic rings. The summed E-state index contributed by atoms with van der Waals surface area (Å²) in [7, 11) is 0. The van der Waals surface area contributed by atoms with Gasteiger partial charge >= 0.3 is 5.97 Å². The number of hydrogen-bond donors (Lipinski definition) is 3. The molecule has 0 aromatic heterocycles. The van der Waals surface area contributed by atoms with E-state index in [1.165, 1.54) is 11.8 Å². The van der Waals surface area contributed by atoms with E-state index in [9.17, 15) is 9.59 Å². The van der Waals surface area contributed by atoms with Gasteiger partial charge in [-0.3, -0.25) is 9.59 Å². The average Bonchev–Trinajstić information content (AvgIpc) is 2.24. The SMILES string of the molecule is CC(C)CCNC(=O)CSC(C)(C)[C@H](N)C(=O)O. The Morgan fingerprint density at radius 1 is 1.39 bits per heavy atom. The van der Waals surface area contributed by atoms with Crippen LogP contribution in [-0.4, -0.2) is 40.1 Å². The van der Waals surface area contributed by atoms with Crippen molar-refractivity contribution in [1.82, 2.24) is 5.32 Å².